The first-order valence-electron chi connectivity index (χ1n) is 5.58. The molecule has 98 valence electrons. The van der Waals surface area contributed by atoms with E-state index in [-0.39, 0.29) is 5.92 Å². The number of aryl methyl sites for hydroxylation is 2. The Kier molecular flexibility index (Phi) is 5.12. The van der Waals surface area contributed by atoms with Crippen molar-refractivity contribution in [2.45, 2.75) is 25.0 Å². The minimum absolute atomic E-state index is 0.275. The van der Waals surface area contributed by atoms with Crippen LogP contribution in [0.3, 0.4) is 0 Å². The molecule has 0 aliphatic carbocycles. The van der Waals surface area contributed by atoms with Crippen molar-refractivity contribution in [1.82, 2.24) is 10.0 Å². The van der Waals surface area contributed by atoms with Gasteiger partial charge in [-0.05, 0) is 45.0 Å². The lowest BCUT2D eigenvalue weighted by molar-refractivity contribution is 0.519. The van der Waals surface area contributed by atoms with Crippen LogP contribution in [0.4, 0.5) is 0 Å². The molecule has 0 fully saturated rings. The molecular formula is C11H20N2O2S2. The molecule has 0 radical (unpaired) electrons. The summed E-state index contributed by atoms with van der Waals surface area (Å²) in [4.78, 5) is 1.05. The molecule has 1 rings (SSSR count). The Hall–Kier alpha value is -0.430. The topological polar surface area (TPSA) is 58.2 Å². The molecule has 0 spiro atoms. The molecule has 1 aromatic heterocycles. The van der Waals surface area contributed by atoms with Crippen LogP contribution < -0.4 is 10.0 Å². The highest BCUT2D eigenvalue weighted by atomic mass is 32.2. The molecule has 6 heteroatoms. The van der Waals surface area contributed by atoms with Gasteiger partial charge in [0.1, 0.15) is 4.21 Å². The first kappa shape index (κ1) is 14.6. The maximum atomic E-state index is 12.0. The molecule has 0 bridgehead atoms. The van der Waals surface area contributed by atoms with Gasteiger partial charge in [-0.1, -0.05) is 6.92 Å². The van der Waals surface area contributed by atoms with Crippen molar-refractivity contribution in [2.24, 2.45) is 5.92 Å². The van der Waals surface area contributed by atoms with Crippen LogP contribution in [0.25, 0.3) is 0 Å². The van der Waals surface area contributed by atoms with E-state index < -0.39 is 10.0 Å². The highest BCUT2D eigenvalue weighted by Crippen LogP contribution is 2.24. The van der Waals surface area contributed by atoms with E-state index in [1.807, 2.05) is 27.8 Å². The summed E-state index contributed by atoms with van der Waals surface area (Å²) in [5.74, 6) is 0.275. The zero-order chi connectivity index (χ0) is 13.1. The van der Waals surface area contributed by atoms with Gasteiger partial charge in [-0.15, -0.1) is 11.3 Å². The lowest BCUT2D eigenvalue weighted by atomic mass is 10.2. The highest BCUT2D eigenvalue weighted by molar-refractivity contribution is 7.91. The zero-order valence-corrected chi connectivity index (χ0v) is 12.3. The van der Waals surface area contributed by atoms with Crippen LogP contribution in [-0.4, -0.2) is 28.6 Å². The molecule has 1 heterocycles. The van der Waals surface area contributed by atoms with Gasteiger partial charge in [-0.2, -0.15) is 0 Å². The highest BCUT2D eigenvalue weighted by Gasteiger charge is 2.18. The zero-order valence-electron chi connectivity index (χ0n) is 10.7. The molecule has 0 saturated heterocycles. The number of nitrogens with one attached hydrogen (secondary N) is 2. The van der Waals surface area contributed by atoms with Crippen molar-refractivity contribution in [3.8, 4) is 0 Å². The van der Waals surface area contributed by atoms with Gasteiger partial charge in [0.05, 0.1) is 0 Å². The van der Waals surface area contributed by atoms with Crippen LogP contribution in [-0.2, 0) is 10.0 Å². The molecule has 0 aliphatic heterocycles. The van der Waals surface area contributed by atoms with Crippen molar-refractivity contribution in [1.29, 1.82) is 0 Å². The lowest BCUT2D eigenvalue weighted by Gasteiger charge is -2.11. The number of hydrogen-bond donors (Lipinski definition) is 2. The maximum Gasteiger partial charge on any atom is 0.250 e. The molecule has 17 heavy (non-hydrogen) atoms. The first-order chi connectivity index (χ1) is 7.86. The summed E-state index contributed by atoms with van der Waals surface area (Å²) >= 11 is 1.32. The van der Waals surface area contributed by atoms with Crippen molar-refractivity contribution in [2.75, 3.05) is 20.1 Å². The van der Waals surface area contributed by atoms with E-state index in [4.69, 9.17) is 0 Å². The van der Waals surface area contributed by atoms with E-state index in [0.29, 0.717) is 10.8 Å². The van der Waals surface area contributed by atoms with E-state index in [0.717, 1.165) is 17.0 Å². The van der Waals surface area contributed by atoms with Crippen molar-refractivity contribution >= 4 is 21.4 Å². The van der Waals surface area contributed by atoms with E-state index in [1.54, 1.807) is 6.07 Å². The summed E-state index contributed by atoms with van der Waals surface area (Å²) in [6, 6.07) is 1.73. The first-order valence-corrected chi connectivity index (χ1v) is 7.88. The molecule has 2 N–H and O–H groups in total. The second-order valence-corrected chi connectivity index (χ2v) is 7.57. The summed E-state index contributed by atoms with van der Waals surface area (Å²) < 4.78 is 27.0. The molecule has 0 aliphatic rings. The Labute approximate surface area is 107 Å². The molecule has 0 amide bonds. The van der Waals surface area contributed by atoms with Crippen LogP contribution >= 0.6 is 11.3 Å². The molecular weight excluding hydrogens is 256 g/mol. The molecule has 0 unspecified atom stereocenters. The van der Waals surface area contributed by atoms with Crippen LogP contribution in [0, 0.1) is 19.8 Å². The summed E-state index contributed by atoms with van der Waals surface area (Å²) in [5.41, 5.74) is 1.03. The molecule has 0 aromatic carbocycles. The lowest BCUT2D eigenvalue weighted by Crippen LogP contribution is -2.31. The van der Waals surface area contributed by atoms with Gasteiger partial charge in [0.2, 0.25) is 10.0 Å². The quantitative estimate of drug-likeness (QED) is 0.828. The standard InChI is InChI=1S/C11H20N2O2S2/c1-8(6-12-4)7-13-17(14,15)11-5-9(2)10(3)16-11/h5,8,12-13H,6-7H2,1-4H3/t8-/m1/s1. The molecule has 1 atom stereocenters. The van der Waals surface area contributed by atoms with Gasteiger partial charge >= 0.3 is 0 Å². The van der Waals surface area contributed by atoms with Gasteiger partial charge in [-0.3, -0.25) is 0 Å². The van der Waals surface area contributed by atoms with Crippen molar-refractivity contribution in [3.05, 3.63) is 16.5 Å². The Morgan fingerprint density at radius 2 is 2.00 bits per heavy atom. The van der Waals surface area contributed by atoms with Gasteiger partial charge in [-0.25, -0.2) is 13.1 Å². The Balaban J connectivity index is 2.69. The third-order valence-electron chi connectivity index (χ3n) is 2.58. The fraction of sp³-hybridized carbons (Fsp3) is 0.636. The Morgan fingerprint density at radius 1 is 1.35 bits per heavy atom. The minimum atomic E-state index is -3.33. The van der Waals surface area contributed by atoms with Crippen molar-refractivity contribution < 1.29 is 8.42 Å². The normalized spacial score (nSPS) is 13.9. The number of thiophene rings is 1. The second kappa shape index (κ2) is 5.95. The second-order valence-electron chi connectivity index (χ2n) is 4.32. The molecule has 0 saturated carbocycles. The summed E-state index contributed by atoms with van der Waals surface area (Å²) in [5, 5.41) is 3.02. The van der Waals surface area contributed by atoms with Crippen LogP contribution in [0.5, 0.6) is 0 Å². The van der Waals surface area contributed by atoms with E-state index >= 15 is 0 Å². The third kappa shape index (κ3) is 4.06. The van der Waals surface area contributed by atoms with E-state index in [1.165, 1.54) is 11.3 Å². The molecule has 4 nitrogen and oxygen atoms in total. The van der Waals surface area contributed by atoms with Crippen LogP contribution in [0.2, 0.25) is 0 Å². The van der Waals surface area contributed by atoms with Gasteiger partial charge < -0.3 is 5.32 Å². The fourth-order valence-corrected chi connectivity index (χ4v) is 4.14. The average molecular weight is 276 g/mol. The van der Waals surface area contributed by atoms with Crippen molar-refractivity contribution in [3.63, 3.8) is 0 Å². The smallest absolute Gasteiger partial charge is 0.250 e. The number of hydrogen-bond acceptors (Lipinski definition) is 4. The SMILES string of the molecule is CNC[C@@H](C)CNS(=O)(=O)c1cc(C)c(C)s1. The third-order valence-corrected chi connectivity index (χ3v) is 5.63. The maximum absolute atomic E-state index is 12.0. The average Bonchev–Trinajstić information content (AvgIpc) is 2.58. The van der Waals surface area contributed by atoms with Crippen LogP contribution in [0.1, 0.15) is 17.4 Å². The largest absolute Gasteiger partial charge is 0.319 e. The number of rotatable bonds is 6. The van der Waals surface area contributed by atoms with Gasteiger partial charge in [0, 0.05) is 11.4 Å². The number of sulfonamides is 1. The van der Waals surface area contributed by atoms with Gasteiger partial charge in [0.25, 0.3) is 0 Å². The van der Waals surface area contributed by atoms with E-state index in [9.17, 15) is 8.42 Å². The predicted octanol–water partition coefficient (Wildman–Crippen LogP) is 1.50. The Morgan fingerprint density at radius 3 is 2.47 bits per heavy atom. The summed E-state index contributed by atoms with van der Waals surface area (Å²) in [7, 11) is -1.48. The van der Waals surface area contributed by atoms with Crippen LogP contribution in [0.15, 0.2) is 10.3 Å². The fourth-order valence-electron chi connectivity index (χ4n) is 1.42. The summed E-state index contributed by atoms with van der Waals surface area (Å²) in [6.45, 7) is 7.12. The summed E-state index contributed by atoms with van der Waals surface area (Å²) in [6.07, 6.45) is 0. The monoisotopic (exact) mass is 276 g/mol. The van der Waals surface area contributed by atoms with E-state index in [2.05, 4.69) is 10.0 Å². The predicted molar refractivity (Wildman–Crippen MR) is 72.1 cm³/mol. The van der Waals surface area contributed by atoms with Gasteiger partial charge in [0.15, 0.2) is 0 Å². The Bertz CT molecular complexity index is 446. The molecule has 1 aromatic rings. The minimum Gasteiger partial charge on any atom is -0.319 e.